The van der Waals surface area contributed by atoms with E-state index in [1.54, 1.807) is 4.90 Å². The molecule has 0 saturated carbocycles. The van der Waals surface area contributed by atoms with Gasteiger partial charge in [-0.25, -0.2) is 4.79 Å². The zero-order valence-electron chi connectivity index (χ0n) is 13.2. The molecule has 1 rings (SSSR count). The van der Waals surface area contributed by atoms with E-state index in [2.05, 4.69) is 26.1 Å². The maximum atomic E-state index is 12.2. The Morgan fingerprint density at radius 1 is 1.35 bits per heavy atom. The van der Waals surface area contributed by atoms with Crippen LogP contribution in [0.4, 0.5) is 4.79 Å². The van der Waals surface area contributed by atoms with Crippen molar-refractivity contribution in [3.63, 3.8) is 0 Å². The normalized spacial score (nSPS) is 23.5. The SMILES string of the molecule is CCC(C)(C)CNC(=O)N1CCCC(CC)(C(=O)O)C1. The molecule has 1 aliphatic heterocycles. The Balaban J connectivity index is 2.63. The van der Waals surface area contributed by atoms with Gasteiger partial charge >= 0.3 is 12.0 Å². The van der Waals surface area contributed by atoms with Gasteiger partial charge < -0.3 is 15.3 Å². The van der Waals surface area contributed by atoms with Crippen LogP contribution in [0.25, 0.3) is 0 Å². The minimum atomic E-state index is -0.786. The van der Waals surface area contributed by atoms with Crippen molar-refractivity contribution >= 4 is 12.0 Å². The fourth-order valence-electron chi connectivity index (χ4n) is 2.47. The van der Waals surface area contributed by atoms with Crippen molar-refractivity contribution in [1.82, 2.24) is 10.2 Å². The number of carbonyl (C=O) groups is 2. The van der Waals surface area contributed by atoms with E-state index in [9.17, 15) is 14.7 Å². The first-order chi connectivity index (χ1) is 9.26. The van der Waals surface area contributed by atoms with E-state index in [0.29, 0.717) is 32.5 Å². The number of carboxylic acids is 1. The molecule has 2 amide bonds. The number of nitrogens with zero attached hydrogens (tertiary/aromatic N) is 1. The molecule has 1 unspecified atom stereocenters. The summed E-state index contributed by atoms with van der Waals surface area (Å²) in [6.07, 6.45) is 2.96. The van der Waals surface area contributed by atoms with Gasteiger partial charge in [-0.2, -0.15) is 0 Å². The first-order valence-electron chi connectivity index (χ1n) is 7.52. The average Bonchev–Trinajstić information content (AvgIpc) is 2.44. The van der Waals surface area contributed by atoms with Gasteiger partial charge in [0.2, 0.25) is 0 Å². The van der Waals surface area contributed by atoms with E-state index < -0.39 is 11.4 Å². The number of likely N-dealkylation sites (tertiary alicyclic amines) is 1. The first-order valence-corrected chi connectivity index (χ1v) is 7.52. The van der Waals surface area contributed by atoms with Gasteiger partial charge in [0.1, 0.15) is 0 Å². The average molecular weight is 284 g/mol. The summed E-state index contributed by atoms with van der Waals surface area (Å²) in [5.41, 5.74) is -0.698. The molecule has 1 aliphatic rings. The molecule has 0 bridgehead atoms. The lowest BCUT2D eigenvalue weighted by Crippen LogP contribution is -2.53. The van der Waals surface area contributed by atoms with E-state index in [1.807, 2.05) is 6.92 Å². The highest BCUT2D eigenvalue weighted by molar-refractivity contribution is 5.78. The molecule has 20 heavy (non-hydrogen) atoms. The van der Waals surface area contributed by atoms with Crippen molar-refractivity contribution in [3.8, 4) is 0 Å². The molecule has 0 aromatic heterocycles. The van der Waals surface area contributed by atoms with Crippen molar-refractivity contribution in [1.29, 1.82) is 0 Å². The Morgan fingerprint density at radius 3 is 2.50 bits per heavy atom. The summed E-state index contributed by atoms with van der Waals surface area (Å²) in [6.45, 7) is 9.78. The molecule has 1 heterocycles. The topological polar surface area (TPSA) is 69.6 Å². The van der Waals surface area contributed by atoms with Crippen molar-refractivity contribution in [2.45, 2.75) is 53.4 Å². The second-order valence-electron chi connectivity index (χ2n) is 6.64. The van der Waals surface area contributed by atoms with Gasteiger partial charge in [0, 0.05) is 19.6 Å². The summed E-state index contributed by atoms with van der Waals surface area (Å²) >= 11 is 0. The molecule has 116 valence electrons. The smallest absolute Gasteiger partial charge is 0.317 e. The summed E-state index contributed by atoms with van der Waals surface area (Å²) in [4.78, 5) is 25.3. The molecule has 0 aromatic carbocycles. The lowest BCUT2D eigenvalue weighted by molar-refractivity contribution is -0.152. The van der Waals surface area contributed by atoms with Gasteiger partial charge in [-0.05, 0) is 31.1 Å². The Kier molecular flexibility index (Phi) is 5.42. The number of urea groups is 1. The second-order valence-corrected chi connectivity index (χ2v) is 6.64. The van der Waals surface area contributed by atoms with E-state index in [4.69, 9.17) is 0 Å². The molecule has 0 radical (unpaired) electrons. The van der Waals surface area contributed by atoms with Crippen molar-refractivity contribution in [2.75, 3.05) is 19.6 Å². The van der Waals surface area contributed by atoms with Crippen LogP contribution in [0.2, 0.25) is 0 Å². The molecule has 0 aliphatic carbocycles. The van der Waals surface area contributed by atoms with Crippen molar-refractivity contribution in [3.05, 3.63) is 0 Å². The predicted octanol–water partition coefficient (Wildman–Crippen LogP) is 2.71. The van der Waals surface area contributed by atoms with Crippen LogP contribution < -0.4 is 5.32 Å². The zero-order valence-corrected chi connectivity index (χ0v) is 13.2. The maximum absolute atomic E-state index is 12.2. The summed E-state index contributed by atoms with van der Waals surface area (Å²) in [5.74, 6) is -0.786. The van der Waals surface area contributed by atoms with Crippen LogP contribution in [0.5, 0.6) is 0 Å². The third-order valence-corrected chi connectivity index (χ3v) is 4.67. The Bertz CT molecular complexity index is 368. The largest absolute Gasteiger partial charge is 0.481 e. The molecule has 0 aromatic rings. The second kappa shape index (κ2) is 6.46. The quantitative estimate of drug-likeness (QED) is 0.815. The van der Waals surface area contributed by atoms with E-state index in [-0.39, 0.29) is 11.4 Å². The monoisotopic (exact) mass is 284 g/mol. The number of rotatable bonds is 5. The highest BCUT2D eigenvalue weighted by Crippen LogP contribution is 2.33. The van der Waals surface area contributed by atoms with Crippen LogP contribution in [0, 0.1) is 10.8 Å². The van der Waals surface area contributed by atoms with Crippen LogP contribution in [-0.2, 0) is 4.79 Å². The Morgan fingerprint density at radius 2 is 2.00 bits per heavy atom. The van der Waals surface area contributed by atoms with E-state index in [1.165, 1.54) is 0 Å². The van der Waals surface area contributed by atoms with Gasteiger partial charge in [-0.3, -0.25) is 4.79 Å². The molecule has 2 N–H and O–H groups in total. The van der Waals surface area contributed by atoms with Gasteiger partial charge in [0.05, 0.1) is 5.41 Å². The van der Waals surface area contributed by atoms with Crippen molar-refractivity contribution < 1.29 is 14.7 Å². The van der Waals surface area contributed by atoms with Crippen LogP contribution in [0.1, 0.15) is 53.4 Å². The van der Waals surface area contributed by atoms with Crippen LogP contribution in [0.3, 0.4) is 0 Å². The van der Waals surface area contributed by atoms with Gasteiger partial charge in [0.15, 0.2) is 0 Å². The summed E-state index contributed by atoms with van der Waals surface area (Å²) in [5, 5.41) is 12.4. The van der Waals surface area contributed by atoms with Gasteiger partial charge in [0.25, 0.3) is 0 Å². The minimum absolute atomic E-state index is 0.0695. The Hall–Kier alpha value is -1.26. The lowest BCUT2D eigenvalue weighted by atomic mass is 9.78. The number of carbonyl (C=O) groups excluding carboxylic acids is 1. The summed E-state index contributed by atoms with van der Waals surface area (Å²) in [6, 6.07) is -0.134. The molecule has 5 nitrogen and oxygen atoms in total. The maximum Gasteiger partial charge on any atom is 0.317 e. The number of aliphatic carboxylic acids is 1. The first kappa shape index (κ1) is 16.8. The molecule has 1 saturated heterocycles. The number of carboxylic acid groups (broad SMARTS) is 1. The lowest BCUT2D eigenvalue weighted by Gasteiger charge is -2.39. The molecule has 1 fully saturated rings. The third kappa shape index (κ3) is 3.87. The van der Waals surface area contributed by atoms with Crippen LogP contribution in [-0.4, -0.2) is 41.6 Å². The number of nitrogens with one attached hydrogen (secondary N) is 1. The third-order valence-electron chi connectivity index (χ3n) is 4.67. The highest BCUT2D eigenvalue weighted by Gasteiger charge is 2.42. The van der Waals surface area contributed by atoms with Crippen LogP contribution in [0.15, 0.2) is 0 Å². The van der Waals surface area contributed by atoms with Gasteiger partial charge in [-0.15, -0.1) is 0 Å². The molecular weight excluding hydrogens is 256 g/mol. The molecule has 0 spiro atoms. The minimum Gasteiger partial charge on any atom is -0.481 e. The summed E-state index contributed by atoms with van der Waals surface area (Å²) in [7, 11) is 0. The number of hydrogen-bond acceptors (Lipinski definition) is 2. The Labute approximate surface area is 121 Å². The predicted molar refractivity (Wildman–Crippen MR) is 78.6 cm³/mol. The number of piperidine rings is 1. The van der Waals surface area contributed by atoms with Gasteiger partial charge in [-0.1, -0.05) is 27.7 Å². The number of amides is 2. The van der Waals surface area contributed by atoms with Crippen molar-refractivity contribution in [2.24, 2.45) is 10.8 Å². The van der Waals surface area contributed by atoms with E-state index in [0.717, 1.165) is 12.8 Å². The standard InChI is InChI=1S/C15H28N2O3/c1-5-14(3,4)10-16-13(20)17-9-7-8-15(6-2,11-17)12(18)19/h5-11H2,1-4H3,(H,16,20)(H,18,19). The molecule has 1 atom stereocenters. The fourth-order valence-corrected chi connectivity index (χ4v) is 2.47. The number of hydrogen-bond donors (Lipinski definition) is 2. The zero-order chi connectivity index (χ0) is 15.4. The molecular formula is C15H28N2O3. The van der Waals surface area contributed by atoms with E-state index >= 15 is 0 Å². The fraction of sp³-hybridized carbons (Fsp3) is 0.867. The summed E-state index contributed by atoms with van der Waals surface area (Å²) < 4.78 is 0. The molecule has 5 heteroatoms. The van der Waals surface area contributed by atoms with Crippen LogP contribution >= 0.6 is 0 Å². The highest BCUT2D eigenvalue weighted by atomic mass is 16.4.